The lowest BCUT2D eigenvalue weighted by Crippen LogP contribution is -2.31. The number of rotatable bonds is 8. The van der Waals surface area contributed by atoms with Crippen LogP contribution < -0.4 is 4.72 Å². The average Bonchev–Trinajstić information content (AvgIpc) is 3.33. The van der Waals surface area contributed by atoms with Gasteiger partial charge in [-0.25, -0.2) is 8.42 Å². The number of furan rings is 1. The number of fused-ring (bicyclic) bond motifs is 1. The number of nitrogens with zero attached hydrogens (tertiary/aromatic N) is 1. The topological polar surface area (TPSA) is 115 Å². The lowest BCUT2D eigenvalue weighted by Gasteiger charge is -2.18. The van der Waals surface area contributed by atoms with E-state index in [-0.39, 0.29) is 18.1 Å². The molecule has 0 saturated carbocycles. The second-order valence-corrected chi connectivity index (χ2v) is 9.23. The normalized spacial score (nSPS) is 13.0. The molecule has 2 aromatic carbocycles. The fourth-order valence-electron chi connectivity index (χ4n) is 3.44. The number of nitrogens with one attached hydrogen (secondary N) is 1. The van der Waals surface area contributed by atoms with Gasteiger partial charge in [0, 0.05) is 16.5 Å². The molecule has 0 aliphatic rings. The van der Waals surface area contributed by atoms with Gasteiger partial charge in [0.15, 0.2) is 6.23 Å². The van der Waals surface area contributed by atoms with Crippen LogP contribution in [0.1, 0.15) is 40.1 Å². The summed E-state index contributed by atoms with van der Waals surface area (Å²) in [6.45, 7) is 5.29. The molecule has 9 heteroatoms. The maximum Gasteiger partial charge on any atom is 0.243 e. The zero-order chi connectivity index (χ0) is 22.9. The molecule has 1 unspecified atom stereocenters. The highest BCUT2D eigenvalue weighted by atomic mass is 32.2. The minimum Gasteiger partial charge on any atom is -0.461 e. The minimum atomic E-state index is -3.88. The Morgan fingerprint density at radius 3 is 2.47 bits per heavy atom. The molecule has 168 valence electrons. The Hall–Kier alpha value is -2.98. The third-order valence-electron chi connectivity index (χ3n) is 5.31. The number of hydrogen-bond donors (Lipinski definition) is 2. The third kappa shape index (κ3) is 4.33. The minimum absolute atomic E-state index is 0.0441. The summed E-state index contributed by atoms with van der Waals surface area (Å²) in [7, 11) is -3.88. The van der Waals surface area contributed by atoms with Crippen molar-refractivity contribution in [1.29, 1.82) is 0 Å². The Balaban J connectivity index is 1.66. The number of aromatic nitrogens is 1. The van der Waals surface area contributed by atoms with Crippen LogP contribution >= 0.6 is 0 Å². The highest BCUT2D eigenvalue weighted by Gasteiger charge is 2.27. The molecule has 2 heterocycles. The summed E-state index contributed by atoms with van der Waals surface area (Å²) in [4.78, 5) is 0.114. The molecule has 0 bridgehead atoms. The molecule has 8 nitrogen and oxygen atoms in total. The lowest BCUT2D eigenvalue weighted by molar-refractivity contribution is 0.0272. The van der Waals surface area contributed by atoms with Gasteiger partial charge in [0.2, 0.25) is 10.0 Å². The number of aliphatic hydroxyl groups is 1. The van der Waals surface area contributed by atoms with Crippen LogP contribution in [-0.4, -0.2) is 18.7 Å². The molecule has 32 heavy (non-hydrogen) atoms. The van der Waals surface area contributed by atoms with Crippen LogP contribution in [0.4, 0.5) is 0 Å². The fraction of sp³-hybridized carbons (Fsp3) is 0.261. The van der Waals surface area contributed by atoms with Crippen molar-refractivity contribution < 1.29 is 27.2 Å². The Morgan fingerprint density at radius 1 is 1.09 bits per heavy atom. The number of aryl methyl sites for hydroxylation is 2. The smallest absolute Gasteiger partial charge is 0.243 e. The van der Waals surface area contributed by atoms with Gasteiger partial charge in [0.1, 0.15) is 22.8 Å². The van der Waals surface area contributed by atoms with Crippen molar-refractivity contribution in [3.05, 3.63) is 82.4 Å². The van der Waals surface area contributed by atoms with E-state index in [4.69, 9.17) is 13.7 Å². The average molecular weight is 457 g/mol. The van der Waals surface area contributed by atoms with E-state index >= 15 is 0 Å². The second-order valence-electron chi connectivity index (χ2n) is 7.52. The van der Waals surface area contributed by atoms with E-state index in [1.165, 1.54) is 12.1 Å². The molecule has 2 aromatic heterocycles. The van der Waals surface area contributed by atoms with Gasteiger partial charge in [-0.1, -0.05) is 35.5 Å². The van der Waals surface area contributed by atoms with Crippen molar-refractivity contribution in [2.24, 2.45) is 0 Å². The number of hydrogen-bond acceptors (Lipinski definition) is 7. The van der Waals surface area contributed by atoms with Gasteiger partial charge in [-0.05, 0) is 44.5 Å². The van der Waals surface area contributed by atoms with Crippen molar-refractivity contribution in [2.75, 3.05) is 0 Å². The first-order chi connectivity index (χ1) is 15.3. The summed E-state index contributed by atoms with van der Waals surface area (Å²) < 4.78 is 45.6. The number of aliphatic hydroxyl groups excluding tert-OH is 1. The highest BCUT2D eigenvalue weighted by molar-refractivity contribution is 7.89. The summed E-state index contributed by atoms with van der Waals surface area (Å²) in [6, 6.07) is 13.5. The molecule has 0 fully saturated rings. The van der Waals surface area contributed by atoms with Crippen LogP contribution in [0.25, 0.3) is 11.0 Å². The van der Waals surface area contributed by atoms with Crippen LogP contribution in [0.5, 0.6) is 0 Å². The Kier molecular flexibility index (Phi) is 6.16. The predicted octanol–water partition coefficient (Wildman–Crippen LogP) is 4.03. The molecule has 1 atom stereocenters. The standard InChI is InChI=1S/C23H24N2O6S/c1-14-11-20-17(12-26)9-10-18(22(20)30-14)13-29-23(21-15(2)16(3)31-24-21)25-32(27,28)19-7-5-4-6-8-19/h4-11,23,25-26H,12-13H2,1-3H3. The van der Waals surface area contributed by atoms with Crippen LogP contribution in [0.2, 0.25) is 0 Å². The summed E-state index contributed by atoms with van der Waals surface area (Å²) in [5.74, 6) is 1.27. The van der Waals surface area contributed by atoms with Crippen molar-refractivity contribution in [3.63, 3.8) is 0 Å². The van der Waals surface area contributed by atoms with Crippen LogP contribution in [0.3, 0.4) is 0 Å². The lowest BCUT2D eigenvalue weighted by atomic mass is 10.1. The molecule has 0 aliphatic carbocycles. The van der Waals surface area contributed by atoms with Crippen molar-refractivity contribution in [1.82, 2.24) is 9.88 Å². The monoisotopic (exact) mass is 456 g/mol. The van der Waals surface area contributed by atoms with E-state index < -0.39 is 16.3 Å². The van der Waals surface area contributed by atoms with Crippen molar-refractivity contribution in [3.8, 4) is 0 Å². The van der Waals surface area contributed by atoms with E-state index in [0.717, 1.165) is 10.9 Å². The van der Waals surface area contributed by atoms with E-state index in [0.29, 0.717) is 33.9 Å². The quantitative estimate of drug-likeness (QED) is 0.385. The zero-order valence-corrected chi connectivity index (χ0v) is 18.8. The first-order valence-corrected chi connectivity index (χ1v) is 11.5. The van der Waals surface area contributed by atoms with E-state index in [1.807, 2.05) is 13.0 Å². The van der Waals surface area contributed by atoms with Crippen LogP contribution in [-0.2, 0) is 28.0 Å². The van der Waals surface area contributed by atoms with Crippen LogP contribution in [0, 0.1) is 20.8 Å². The third-order valence-corrected chi connectivity index (χ3v) is 6.73. The van der Waals surface area contributed by atoms with Gasteiger partial charge in [0.25, 0.3) is 0 Å². The molecule has 0 radical (unpaired) electrons. The number of benzene rings is 2. The van der Waals surface area contributed by atoms with Gasteiger partial charge in [-0.2, -0.15) is 4.72 Å². The second kappa shape index (κ2) is 8.87. The van der Waals surface area contributed by atoms with E-state index in [9.17, 15) is 13.5 Å². The number of sulfonamides is 1. The summed E-state index contributed by atoms with van der Waals surface area (Å²) >= 11 is 0. The van der Waals surface area contributed by atoms with Crippen molar-refractivity contribution >= 4 is 21.0 Å². The molecule has 4 aromatic rings. The van der Waals surface area contributed by atoms with Gasteiger partial charge in [0.05, 0.1) is 18.1 Å². The molecule has 0 aliphatic heterocycles. The maximum atomic E-state index is 12.9. The first kappa shape index (κ1) is 22.2. The molecule has 4 rings (SSSR count). The van der Waals surface area contributed by atoms with E-state index in [1.54, 1.807) is 44.2 Å². The Labute approximate surface area is 185 Å². The Morgan fingerprint density at radius 2 is 1.81 bits per heavy atom. The highest BCUT2D eigenvalue weighted by Crippen LogP contribution is 2.29. The predicted molar refractivity (Wildman–Crippen MR) is 117 cm³/mol. The molecular formula is C23H24N2O6S. The summed E-state index contributed by atoms with van der Waals surface area (Å²) in [6.07, 6.45) is -1.08. The van der Waals surface area contributed by atoms with Gasteiger partial charge in [-0.15, -0.1) is 0 Å². The molecule has 0 spiro atoms. The van der Waals surface area contributed by atoms with Crippen LogP contribution in [0.15, 0.2) is 62.4 Å². The fourth-order valence-corrected chi connectivity index (χ4v) is 4.55. The van der Waals surface area contributed by atoms with Crippen molar-refractivity contribution in [2.45, 2.75) is 45.1 Å². The van der Waals surface area contributed by atoms with Gasteiger partial charge >= 0.3 is 0 Å². The SMILES string of the molecule is Cc1cc2c(CO)ccc(COC(NS(=O)(=O)c3ccccc3)c3noc(C)c3C)c2o1. The van der Waals surface area contributed by atoms with Gasteiger partial charge < -0.3 is 18.8 Å². The summed E-state index contributed by atoms with van der Waals surface area (Å²) in [5.41, 5.74) is 3.09. The zero-order valence-electron chi connectivity index (χ0n) is 18.0. The molecule has 0 amide bonds. The van der Waals surface area contributed by atoms with E-state index in [2.05, 4.69) is 9.88 Å². The molecule has 2 N–H and O–H groups in total. The summed E-state index contributed by atoms with van der Waals surface area (Å²) in [5, 5.41) is 14.4. The largest absolute Gasteiger partial charge is 0.461 e. The maximum absolute atomic E-state index is 12.9. The Bertz CT molecular complexity index is 1340. The molecular weight excluding hydrogens is 432 g/mol. The molecule has 0 saturated heterocycles. The van der Waals surface area contributed by atoms with Gasteiger partial charge in [-0.3, -0.25) is 0 Å². The number of ether oxygens (including phenoxy) is 1. The first-order valence-electron chi connectivity index (χ1n) is 10.0.